The van der Waals surface area contributed by atoms with Crippen molar-refractivity contribution < 1.29 is 22.8 Å². The molecular weight excluding hydrogens is 376 g/mol. The Morgan fingerprint density at radius 1 is 1.00 bits per heavy atom. The second kappa shape index (κ2) is 7.59. The summed E-state index contributed by atoms with van der Waals surface area (Å²) < 4.78 is 44.7. The third kappa shape index (κ3) is 3.89. The van der Waals surface area contributed by atoms with E-state index in [-0.39, 0.29) is 0 Å². The van der Waals surface area contributed by atoms with Gasteiger partial charge in [-0.2, -0.15) is 13.2 Å². The molecule has 1 unspecified atom stereocenters. The molecule has 2 aromatic carbocycles. The summed E-state index contributed by atoms with van der Waals surface area (Å²) in [6.07, 6.45) is 1.93. The molecule has 0 saturated heterocycles. The summed E-state index contributed by atoms with van der Waals surface area (Å²) in [6, 6.07) is 14.2. The summed E-state index contributed by atoms with van der Waals surface area (Å²) in [6.45, 7) is 0. The average molecular weight is 394 g/mol. The molecular formula is C23H18BF3O2. The van der Waals surface area contributed by atoms with Gasteiger partial charge in [-0.05, 0) is 49.1 Å². The molecule has 2 aromatic rings. The Bertz CT molecular complexity index is 1010. The molecule has 29 heavy (non-hydrogen) atoms. The van der Waals surface area contributed by atoms with Crippen molar-refractivity contribution in [1.29, 1.82) is 0 Å². The summed E-state index contributed by atoms with van der Waals surface area (Å²) in [5.41, 5.74) is 0.719. The largest absolute Gasteiger partial charge is 0.493 e. The van der Waals surface area contributed by atoms with Crippen molar-refractivity contribution in [1.82, 2.24) is 0 Å². The fourth-order valence-electron chi connectivity index (χ4n) is 3.77. The van der Waals surface area contributed by atoms with Gasteiger partial charge in [-0.1, -0.05) is 54.3 Å². The number of allylic oxidation sites excluding steroid dienone is 1. The van der Waals surface area contributed by atoms with Crippen molar-refractivity contribution >= 4 is 12.6 Å². The van der Waals surface area contributed by atoms with Crippen molar-refractivity contribution in [2.45, 2.75) is 31.0 Å². The zero-order chi connectivity index (χ0) is 20.5. The number of rotatable bonds is 1. The molecule has 6 heteroatoms. The molecule has 1 heterocycles. The van der Waals surface area contributed by atoms with E-state index in [1.807, 2.05) is 42.5 Å². The van der Waals surface area contributed by atoms with E-state index in [0.29, 0.717) is 23.0 Å². The monoisotopic (exact) mass is 394 g/mol. The van der Waals surface area contributed by atoms with Gasteiger partial charge in [0.25, 0.3) is 0 Å². The second-order valence-electron chi connectivity index (χ2n) is 7.13. The number of alkyl halides is 3. The van der Waals surface area contributed by atoms with Crippen LogP contribution >= 0.6 is 0 Å². The first-order chi connectivity index (χ1) is 13.9. The first-order valence-electron chi connectivity index (χ1n) is 9.42. The van der Waals surface area contributed by atoms with Crippen LogP contribution in [0.3, 0.4) is 0 Å². The maximum absolute atomic E-state index is 12.9. The Hall–Kier alpha value is -2.75. The zero-order valence-electron chi connectivity index (χ0n) is 15.5. The van der Waals surface area contributed by atoms with Gasteiger partial charge in [0.1, 0.15) is 5.60 Å². The van der Waals surface area contributed by atoms with Crippen LogP contribution in [-0.4, -0.2) is 17.7 Å². The maximum Gasteiger partial charge on any atom is 0.493 e. The third-order valence-electron chi connectivity index (χ3n) is 5.20. The maximum atomic E-state index is 12.9. The van der Waals surface area contributed by atoms with E-state index in [1.165, 1.54) is 12.1 Å². The van der Waals surface area contributed by atoms with Gasteiger partial charge in [0.15, 0.2) is 0 Å². The van der Waals surface area contributed by atoms with E-state index >= 15 is 0 Å². The minimum absolute atomic E-state index is 0.425. The van der Waals surface area contributed by atoms with E-state index < -0.39 is 24.5 Å². The molecule has 4 rings (SSSR count). The van der Waals surface area contributed by atoms with E-state index in [9.17, 15) is 18.2 Å². The van der Waals surface area contributed by atoms with Crippen molar-refractivity contribution in [2.75, 3.05) is 0 Å². The normalized spacial score (nSPS) is 21.4. The van der Waals surface area contributed by atoms with Crippen LogP contribution in [-0.2, 0) is 10.8 Å². The minimum Gasteiger partial charge on any atom is -0.423 e. The first kappa shape index (κ1) is 19.6. The van der Waals surface area contributed by atoms with Crippen molar-refractivity contribution in [3.8, 4) is 11.8 Å². The highest BCUT2D eigenvalue weighted by Gasteiger charge is 2.48. The van der Waals surface area contributed by atoms with E-state index in [0.717, 1.165) is 30.5 Å². The lowest BCUT2D eigenvalue weighted by Crippen LogP contribution is -2.33. The fourth-order valence-corrected chi connectivity index (χ4v) is 3.77. The number of hydrogen-bond donors (Lipinski definition) is 1. The fraction of sp³-hybridized carbons (Fsp3) is 0.217. The molecule has 0 radical (unpaired) electrons. The molecule has 1 N–H and O–H groups in total. The molecule has 0 amide bonds. The Labute approximate surface area is 167 Å². The van der Waals surface area contributed by atoms with Gasteiger partial charge >= 0.3 is 13.3 Å². The van der Waals surface area contributed by atoms with Gasteiger partial charge in [0.05, 0.1) is 5.56 Å². The predicted octanol–water partition coefficient (Wildman–Crippen LogP) is 5.04. The average Bonchev–Trinajstić information content (AvgIpc) is 2.97. The summed E-state index contributed by atoms with van der Waals surface area (Å²) >= 11 is 0. The Morgan fingerprint density at radius 2 is 1.72 bits per heavy atom. The summed E-state index contributed by atoms with van der Waals surface area (Å²) in [5, 5.41) is 10.7. The topological polar surface area (TPSA) is 29.5 Å². The smallest absolute Gasteiger partial charge is 0.423 e. The molecule has 146 valence electrons. The molecule has 0 saturated carbocycles. The van der Waals surface area contributed by atoms with Crippen molar-refractivity contribution in [3.05, 3.63) is 89.0 Å². The molecule has 2 nitrogen and oxygen atoms in total. The lowest BCUT2D eigenvalue weighted by molar-refractivity contribution is -0.137. The molecule has 0 fully saturated rings. The van der Waals surface area contributed by atoms with Gasteiger partial charge < -0.3 is 9.68 Å². The molecule has 0 aromatic heterocycles. The highest BCUT2D eigenvalue weighted by molar-refractivity contribution is 6.69. The van der Waals surface area contributed by atoms with Crippen LogP contribution in [0.15, 0.2) is 72.3 Å². The van der Waals surface area contributed by atoms with E-state index in [1.54, 1.807) is 0 Å². The number of hydrogen-bond acceptors (Lipinski definition) is 2. The Kier molecular flexibility index (Phi) is 5.12. The summed E-state index contributed by atoms with van der Waals surface area (Å²) in [5.74, 6) is 6.25. The van der Waals surface area contributed by atoms with Gasteiger partial charge in [0, 0.05) is 16.6 Å². The van der Waals surface area contributed by atoms with Crippen molar-refractivity contribution in [2.24, 2.45) is 0 Å². The zero-order valence-corrected chi connectivity index (χ0v) is 15.5. The molecule has 0 bridgehead atoms. The molecule has 2 aliphatic rings. The number of benzene rings is 2. The lowest BCUT2D eigenvalue weighted by atomic mass is 9.72. The van der Waals surface area contributed by atoms with Crippen LogP contribution in [0.25, 0.3) is 5.47 Å². The van der Waals surface area contributed by atoms with Gasteiger partial charge in [-0.3, -0.25) is 0 Å². The lowest BCUT2D eigenvalue weighted by Gasteiger charge is -2.30. The molecule has 1 spiro atoms. The van der Waals surface area contributed by atoms with Crippen LogP contribution in [0.1, 0.15) is 36.0 Å². The van der Waals surface area contributed by atoms with Crippen molar-refractivity contribution in [3.63, 3.8) is 0 Å². The van der Waals surface area contributed by atoms with Gasteiger partial charge in [-0.25, -0.2) is 0 Å². The molecule has 1 atom stereocenters. The SMILES string of the molecule is OB1OC2(C=CCCC2)C(C#Cc2ccccc2)=C1c1ccc(C(F)(F)F)cc1. The third-order valence-corrected chi connectivity index (χ3v) is 5.20. The van der Waals surface area contributed by atoms with Gasteiger partial charge in [-0.15, -0.1) is 0 Å². The van der Waals surface area contributed by atoms with E-state index in [2.05, 4.69) is 11.8 Å². The van der Waals surface area contributed by atoms with Crippen LogP contribution in [0.5, 0.6) is 0 Å². The van der Waals surface area contributed by atoms with Crippen LogP contribution in [0.2, 0.25) is 0 Å². The summed E-state index contributed by atoms with van der Waals surface area (Å²) in [7, 11) is -1.26. The van der Waals surface area contributed by atoms with E-state index in [4.69, 9.17) is 4.65 Å². The predicted molar refractivity (Wildman–Crippen MR) is 106 cm³/mol. The molecule has 1 aliphatic carbocycles. The molecule has 1 aliphatic heterocycles. The minimum atomic E-state index is -4.42. The highest BCUT2D eigenvalue weighted by Crippen LogP contribution is 2.44. The Balaban J connectivity index is 1.84. The van der Waals surface area contributed by atoms with Crippen LogP contribution in [0, 0.1) is 11.8 Å². The van der Waals surface area contributed by atoms with Crippen LogP contribution in [0.4, 0.5) is 13.2 Å². The highest BCUT2D eigenvalue weighted by atomic mass is 19.4. The summed E-state index contributed by atoms with van der Waals surface area (Å²) in [4.78, 5) is 0. The standard InChI is InChI=1S/C23H18BF3O2/c25-23(26,27)19-12-10-18(11-13-19)21-20(14-9-17-7-3-1-4-8-17)22(29-24(21)28)15-5-2-6-16-22/h1,3-5,7-8,10-13,15,28H,2,6,16H2. The number of halogens is 3. The first-order valence-corrected chi connectivity index (χ1v) is 9.42. The van der Waals surface area contributed by atoms with Crippen LogP contribution < -0.4 is 0 Å². The second-order valence-corrected chi connectivity index (χ2v) is 7.13. The van der Waals surface area contributed by atoms with Gasteiger partial charge in [0.2, 0.25) is 0 Å². The quantitative estimate of drug-likeness (QED) is 0.417. The Morgan fingerprint density at radius 3 is 2.34 bits per heavy atom.